The van der Waals surface area contributed by atoms with E-state index < -0.39 is 0 Å². The molecule has 88 valence electrons. The minimum atomic E-state index is -0.300. The lowest BCUT2D eigenvalue weighted by Crippen LogP contribution is -2.33. The monoisotopic (exact) mass is 222 g/mol. The third-order valence-corrected chi connectivity index (χ3v) is 3.50. The van der Waals surface area contributed by atoms with E-state index in [4.69, 9.17) is 5.73 Å². The van der Waals surface area contributed by atoms with Gasteiger partial charge < -0.3 is 10.6 Å². The Hall–Kier alpha value is -1.09. The minimum absolute atomic E-state index is 0.181. The first kappa shape index (κ1) is 11.4. The van der Waals surface area contributed by atoms with Crippen LogP contribution < -0.4 is 10.6 Å². The molecule has 0 saturated heterocycles. The highest BCUT2D eigenvalue weighted by Crippen LogP contribution is 2.37. The molecule has 0 bridgehead atoms. The Morgan fingerprint density at radius 1 is 1.25 bits per heavy atom. The van der Waals surface area contributed by atoms with Crippen molar-refractivity contribution in [3.8, 4) is 0 Å². The molecule has 0 radical (unpaired) electrons. The molecule has 3 heteroatoms. The van der Waals surface area contributed by atoms with Crippen molar-refractivity contribution in [2.45, 2.75) is 31.2 Å². The van der Waals surface area contributed by atoms with Crippen molar-refractivity contribution in [2.75, 3.05) is 19.0 Å². The highest BCUT2D eigenvalue weighted by Gasteiger charge is 2.31. The number of nitrogens with zero attached hydrogens (tertiary/aromatic N) is 1. The smallest absolute Gasteiger partial charge is 0.146 e. The average Bonchev–Trinajstić information content (AvgIpc) is 2.66. The number of hydrogen-bond donors (Lipinski definition) is 1. The standard InChI is InChI=1S/C13H19FN2/c1-16(2)12-6-5-10(9-11(12)14)13(15)7-3-4-8-13/h5-6,9H,3-4,7-8,15H2,1-2H3. The maximum atomic E-state index is 13.8. The van der Waals surface area contributed by atoms with E-state index in [1.165, 1.54) is 0 Å². The van der Waals surface area contributed by atoms with Crippen LogP contribution in [-0.2, 0) is 5.54 Å². The molecule has 16 heavy (non-hydrogen) atoms. The first-order chi connectivity index (χ1) is 7.53. The Morgan fingerprint density at radius 2 is 1.88 bits per heavy atom. The van der Waals surface area contributed by atoms with Crippen LogP contribution in [0.4, 0.5) is 10.1 Å². The predicted molar refractivity (Wildman–Crippen MR) is 65.1 cm³/mol. The molecule has 0 aromatic heterocycles. The first-order valence-corrected chi connectivity index (χ1v) is 5.79. The third kappa shape index (κ3) is 1.92. The normalized spacial score (nSPS) is 18.8. The third-order valence-electron chi connectivity index (χ3n) is 3.50. The van der Waals surface area contributed by atoms with Gasteiger partial charge in [-0.15, -0.1) is 0 Å². The highest BCUT2D eigenvalue weighted by atomic mass is 19.1. The van der Waals surface area contributed by atoms with Crippen LogP contribution in [0.1, 0.15) is 31.2 Å². The first-order valence-electron chi connectivity index (χ1n) is 5.79. The summed E-state index contributed by atoms with van der Waals surface area (Å²) in [7, 11) is 3.68. The molecule has 0 heterocycles. The quantitative estimate of drug-likeness (QED) is 0.833. The summed E-state index contributed by atoms with van der Waals surface area (Å²) in [4.78, 5) is 1.77. The summed E-state index contributed by atoms with van der Waals surface area (Å²) in [6.07, 6.45) is 4.22. The van der Waals surface area contributed by atoms with Gasteiger partial charge in [0, 0.05) is 19.6 Å². The van der Waals surface area contributed by atoms with Crippen molar-refractivity contribution in [2.24, 2.45) is 5.73 Å². The second kappa shape index (κ2) is 4.06. The largest absolute Gasteiger partial charge is 0.375 e. The zero-order chi connectivity index (χ0) is 11.8. The van der Waals surface area contributed by atoms with Crippen LogP contribution >= 0.6 is 0 Å². The van der Waals surface area contributed by atoms with Crippen molar-refractivity contribution in [1.29, 1.82) is 0 Å². The van der Waals surface area contributed by atoms with Crippen LogP contribution in [0.5, 0.6) is 0 Å². The van der Waals surface area contributed by atoms with Gasteiger partial charge in [0.2, 0.25) is 0 Å². The average molecular weight is 222 g/mol. The maximum Gasteiger partial charge on any atom is 0.146 e. The molecule has 0 spiro atoms. The number of halogens is 1. The fraction of sp³-hybridized carbons (Fsp3) is 0.538. The summed E-state index contributed by atoms with van der Waals surface area (Å²) in [5, 5.41) is 0. The Bertz CT molecular complexity index is 382. The predicted octanol–water partition coefficient (Wildman–Crippen LogP) is 2.62. The lowest BCUT2D eigenvalue weighted by molar-refractivity contribution is 0.458. The minimum Gasteiger partial charge on any atom is -0.375 e. The van der Waals surface area contributed by atoms with E-state index in [1.807, 2.05) is 26.2 Å². The molecule has 2 N–H and O–H groups in total. The maximum absolute atomic E-state index is 13.8. The number of hydrogen-bond acceptors (Lipinski definition) is 2. The second-order valence-corrected chi connectivity index (χ2v) is 4.92. The molecule has 0 aliphatic heterocycles. The molecular formula is C13H19FN2. The van der Waals surface area contributed by atoms with Gasteiger partial charge in [0.25, 0.3) is 0 Å². The molecule has 1 aromatic rings. The van der Waals surface area contributed by atoms with Crippen molar-refractivity contribution < 1.29 is 4.39 Å². The van der Waals surface area contributed by atoms with E-state index in [-0.39, 0.29) is 11.4 Å². The van der Waals surface area contributed by atoms with E-state index in [2.05, 4.69) is 0 Å². The van der Waals surface area contributed by atoms with Gasteiger partial charge in [0.1, 0.15) is 5.82 Å². The van der Waals surface area contributed by atoms with Gasteiger partial charge in [0.05, 0.1) is 5.69 Å². The van der Waals surface area contributed by atoms with Gasteiger partial charge in [-0.05, 0) is 30.5 Å². The van der Waals surface area contributed by atoms with Crippen LogP contribution in [0.2, 0.25) is 0 Å². The van der Waals surface area contributed by atoms with Crippen molar-refractivity contribution in [3.05, 3.63) is 29.6 Å². The van der Waals surface area contributed by atoms with Gasteiger partial charge in [0.15, 0.2) is 0 Å². The fourth-order valence-electron chi connectivity index (χ4n) is 2.47. The van der Waals surface area contributed by atoms with Gasteiger partial charge in [-0.3, -0.25) is 0 Å². The number of benzene rings is 1. The molecule has 1 aliphatic rings. The summed E-state index contributed by atoms with van der Waals surface area (Å²) in [5.74, 6) is -0.181. The van der Waals surface area contributed by atoms with Crippen molar-refractivity contribution in [1.82, 2.24) is 0 Å². The van der Waals surface area contributed by atoms with Crippen LogP contribution in [0.15, 0.2) is 18.2 Å². The van der Waals surface area contributed by atoms with Crippen LogP contribution in [-0.4, -0.2) is 14.1 Å². The van der Waals surface area contributed by atoms with Crippen LogP contribution in [0, 0.1) is 5.82 Å². The summed E-state index contributed by atoms with van der Waals surface area (Å²) in [6, 6.07) is 5.38. The number of anilines is 1. The summed E-state index contributed by atoms with van der Waals surface area (Å²) < 4.78 is 13.8. The SMILES string of the molecule is CN(C)c1ccc(C2(N)CCCC2)cc1F. The van der Waals surface area contributed by atoms with E-state index in [1.54, 1.807) is 11.0 Å². The molecule has 0 unspecified atom stereocenters. The van der Waals surface area contributed by atoms with E-state index in [9.17, 15) is 4.39 Å². The van der Waals surface area contributed by atoms with Crippen LogP contribution in [0.3, 0.4) is 0 Å². The molecule has 1 aromatic carbocycles. The Morgan fingerprint density at radius 3 is 2.38 bits per heavy atom. The Labute approximate surface area is 96.2 Å². The van der Waals surface area contributed by atoms with Crippen molar-refractivity contribution >= 4 is 5.69 Å². The highest BCUT2D eigenvalue weighted by molar-refractivity contribution is 5.49. The van der Waals surface area contributed by atoms with Crippen LogP contribution in [0.25, 0.3) is 0 Å². The molecular weight excluding hydrogens is 203 g/mol. The topological polar surface area (TPSA) is 29.3 Å². The second-order valence-electron chi connectivity index (χ2n) is 4.92. The summed E-state index contributed by atoms with van der Waals surface area (Å²) >= 11 is 0. The number of nitrogens with two attached hydrogens (primary N) is 1. The Kier molecular flexibility index (Phi) is 2.89. The molecule has 2 nitrogen and oxygen atoms in total. The zero-order valence-electron chi connectivity index (χ0n) is 9.96. The van der Waals surface area contributed by atoms with Gasteiger partial charge in [-0.2, -0.15) is 0 Å². The molecule has 1 fully saturated rings. The van der Waals surface area contributed by atoms with Gasteiger partial charge >= 0.3 is 0 Å². The van der Waals surface area contributed by atoms with E-state index in [0.717, 1.165) is 31.2 Å². The summed E-state index contributed by atoms with van der Waals surface area (Å²) in [5.41, 5.74) is 7.55. The Balaban J connectivity index is 2.34. The fourth-order valence-corrected chi connectivity index (χ4v) is 2.47. The molecule has 0 amide bonds. The number of rotatable bonds is 2. The lowest BCUT2D eigenvalue weighted by atomic mass is 9.89. The molecule has 1 saturated carbocycles. The lowest BCUT2D eigenvalue weighted by Gasteiger charge is -2.25. The summed E-state index contributed by atoms with van der Waals surface area (Å²) in [6.45, 7) is 0. The zero-order valence-corrected chi connectivity index (χ0v) is 9.96. The molecule has 0 atom stereocenters. The van der Waals surface area contributed by atoms with Crippen molar-refractivity contribution in [3.63, 3.8) is 0 Å². The van der Waals surface area contributed by atoms with E-state index >= 15 is 0 Å². The molecule has 1 aliphatic carbocycles. The molecule has 2 rings (SSSR count). The van der Waals surface area contributed by atoms with Gasteiger partial charge in [-0.25, -0.2) is 4.39 Å². The van der Waals surface area contributed by atoms with E-state index in [0.29, 0.717) is 5.69 Å². The van der Waals surface area contributed by atoms with Gasteiger partial charge in [-0.1, -0.05) is 18.9 Å².